The Hall–Kier alpha value is -2.10. The highest BCUT2D eigenvalue weighted by molar-refractivity contribution is 5.99. The van der Waals surface area contributed by atoms with Crippen LogP contribution in [-0.4, -0.2) is 15.6 Å². The van der Waals surface area contributed by atoms with Crippen LogP contribution in [0.4, 0.5) is 0 Å². The van der Waals surface area contributed by atoms with E-state index in [1.807, 2.05) is 30.3 Å². The molecule has 0 fully saturated rings. The number of aromatic amines is 1. The largest absolute Gasteiger partial charge is 0.294 e. The molecule has 0 spiro atoms. The number of nitrogens with zero attached hydrogens (tertiary/aromatic N) is 1. The Morgan fingerprint density at radius 3 is 2.44 bits per heavy atom. The van der Waals surface area contributed by atoms with Crippen LogP contribution >= 0.6 is 0 Å². The van der Waals surface area contributed by atoms with Crippen molar-refractivity contribution < 1.29 is 4.79 Å². The second-order valence-electron chi connectivity index (χ2n) is 3.65. The number of nitrogens with one attached hydrogen (secondary N) is 1. The van der Waals surface area contributed by atoms with Gasteiger partial charge in [-0.05, 0) is 6.92 Å². The van der Waals surface area contributed by atoms with Crippen molar-refractivity contribution >= 4 is 5.78 Å². The normalized spacial score (nSPS) is 10.4. The minimum Gasteiger partial charge on any atom is -0.294 e. The van der Waals surface area contributed by atoms with E-state index in [-0.39, 0.29) is 16.9 Å². The highest BCUT2D eigenvalue weighted by Gasteiger charge is 2.17. The number of H-pyrrole nitrogens is 1. The molecule has 0 atom stereocenters. The molecule has 0 aliphatic rings. The SMILES string of the molecule is CC(=O)c1c(-c2ccccc2)[nH]n(C)c1=O. The summed E-state index contributed by atoms with van der Waals surface area (Å²) < 4.78 is 1.32. The number of ketones is 1. The number of Topliss-reactive ketones (excluding diaryl/α,β-unsaturated/α-hetero) is 1. The van der Waals surface area contributed by atoms with Crippen molar-refractivity contribution in [2.24, 2.45) is 7.05 Å². The van der Waals surface area contributed by atoms with Gasteiger partial charge in [-0.15, -0.1) is 0 Å². The lowest BCUT2D eigenvalue weighted by molar-refractivity contribution is 0.101. The fourth-order valence-electron chi connectivity index (χ4n) is 1.69. The van der Waals surface area contributed by atoms with Crippen LogP contribution in [0.5, 0.6) is 0 Å². The fraction of sp³-hybridized carbons (Fsp3) is 0.167. The Labute approximate surface area is 92.5 Å². The fourth-order valence-corrected chi connectivity index (χ4v) is 1.69. The molecule has 0 amide bonds. The van der Waals surface area contributed by atoms with Crippen molar-refractivity contribution in [1.82, 2.24) is 9.78 Å². The Bertz CT molecular complexity index is 579. The Morgan fingerprint density at radius 1 is 1.25 bits per heavy atom. The van der Waals surface area contributed by atoms with Crippen LogP contribution in [0, 0.1) is 0 Å². The second-order valence-corrected chi connectivity index (χ2v) is 3.65. The summed E-state index contributed by atoms with van der Waals surface area (Å²) in [4.78, 5) is 23.2. The third-order valence-corrected chi connectivity index (χ3v) is 2.46. The zero-order valence-electron chi connectivity index (χ0n) is 9.15. The van der Waals surface area contributed by atoms with Gasteiger partial charge >= 0.3 is 0 Å². The number of rotatable bonds is 2. The summed E-state index contributed by atoms with van der Waals surface area (Å²) in [5.74, 6) is -0.222. The molecule has 1 N–H and O–H groups in total. The van der Waals surface area contributed by atoms with Crippen LogP contribution in [-0.2, 0) is 7.05 Å². The first kappa shape index (κ1) is 10.4. The quantitative estimate of drug-likeness (QED) is 0.775. The molecule has 1 aromatic carbocycles. The molecule has 16 heavy (non-hydrogen) atoms. The number of carbonyl (C=O) groups excluding carboxylic acids is 1. The molecule has 82 valence electrons. The molecule has 2 aromatic rings. The van der Waals surface area contributed by atoms with Gasteiger partial charge in [-0.1, -0.05) is 30.3 Å². The van der Waals surface area contributed by atoms with Crippen molar-refractivity contribution in [3.05, 3.63) is 46.2 Å². The molecule has 0 saturated heterocycles. The summed E-state index contributed by atoms with van der Waals surface area (Å²) in [6.45, 7) is 1.40. The molecule has 0 aliphatic carbocycles. The van der Waals surface area contributed by atoms with Gasteiger partial charge in [-0.2, -0.15) is 0 Å². The minimum absolute atomic E-state index is 0.216. The van der Waals surface area contributed by atoms with Crippen molar-refractivity contribution in [1.29, 1.82) is 0 Å². The molecule has 0 unspecified atom stereocenters. The van der Waals surface area contributed by atoms with E-state index >= 15 is 0 Å². The second kappa shape index (κ2) is 3.81. The van der Waals surface area contributed by atoms with Gasteiger partial charge in [0.2, 0.25) is 0 Å². The van der Waals surface area contributed by atoms with Crippen molar-refractivity contribution in [2.45, 2.75) is 6.92 Å². The summed E-state index contributed by atoms with van der Waals surface area (Å²) in [6.07, 6.45) is 0. The van der Waals surface area contributed by atoms with E-state index in [1.54, 1.807) is 7.05 Å². The highest BCUT2D eigenvalue weighted by Crippen LogP contribution is 2.18. The molecule has 0 aliphatic heterocycles. The zero-order chi connectivity index (χ0) is 11.7. The van der Waals surface area contributed by atoms with Gasteiger partial charge in [-0.3, -0.25) is 19.4 Å². The zero-order valence-corrected chi connectivity index (χ0v) is 9.15. The van der Waals surface area contributed by atoms with Gasteiger partial charge < -0.3 is 0 Å². The van der Waals surface area contributed by atoms with Crippen LogP contribution in [0.25, 0.3) is 11.3 Å². The molecule has 0 bridgehead atoms. The molecule has 0 radical (unpaired) electrons. The van der Waals surface area contributed by atoms with Crippen LogP contribution in [0.1, 0.15) is 17.3 Å². The average Bonchev–Trinajstić information content (AvgIpc) is 2.57. The Morgan fingerprint density at radius 2 is 1.88 bits per heavy atom. The molecule has 1 aromatic heterocycles. The molecular formula is C12H12N2O2. The minimum atomic E-state index is -0.286. The van der Waals surface area contributed by atoms with E-state index in [9.17, 15) is 9.59 Å². The maximum Gasteiger partial charge on any atom is 0.277 e. The van der Waals surface area contributed by atoms with Crippen LogP contribution in [0.15, 0.2) is 35.1 Å². The number of benzene rings is 1. The lowest BCUT2D eigenvalue weighted by Crippen LogP contribution is -2.17. The number of hydrogen-bond donors (Lipinski definition) is 1. The van der Waals surface area contributed by atoms with E-state index < -0.39 is 0 Å². The van der Waals surface area contributed by atoms with E-state index in [2.05, 4.69) is 5.10 Å². The van der Waals surface area contributed by atoms with E-state index in [0.29, 0.717) is 5.69 Å². The maximum atomic E-state index is 11.7. The first-order valence-electron chi connectivity index (χ1n) is 4.96. The highest BCUT2D eigenvalue weighted by atomic mass is 16.2. The predicted octanol–water partition coefficient (Wildman–Crippen LogP) is 1.58. The summed E-state index contributed by atoms with van der Waals surface area (Å²) in [7, 11) is 1.60. The number of hydrogen-bond acceptors (Lipinski definition) is 2. The van der Waals surface area contributed by atoms with Gasteiger partial charge in [0.1, 0.15) is 5.56 Å². The van der Waals surface area contributed by atoms with Gasteiger partial charge in [0.15, 0.2) is 5.78 Å². The maximum absolute atomic E-state index is 11.7. The monoisotopic (exact) mass is 216 g/mol. The van der Waals surface area contributed by atoms with Crippen molar-refractivity contribution in [2.75, 3.05) is 0 Å². The third-order valence-electron chi connectivity index (χ3n) is 2.46. The summed E-state index contributed by atoms with van der Waals surface area (Å²) in [5.41, 5.74) is 1.35. The first-order valence-corrected chi connectivity index (χ1v) is 4.96. The Balaban J connectivity index is 2.71. The molecule has 4 heteroatoms. The third kappa shape index (κ3) is 1.58. The van der Waals surface area contributed by atoms with Gasteiger partial charge in [-0.25, -0.2) is 0 Å². The van der Waals surface area contributed by atoms with Crippen molar-refractivity contribution in [3.8, 4) is 11.3 Å². The summed E-state index contributed by atoms with van der Waals surface area (Å²) >= 11 is 0. The van der Waals surface area contributed by atoms with Crippen LogP contribution < -0.4 is 5.56 Å². The number of aromatic nitrogens is 2. The predicted molar refractivity (Wildman–Crippen MR) is 61.5 cm³/mol. The average molecular weight is 216 g/mol. The summed E-state index contributed by atoms with van der Waals surface area (Å²) in [5, 5.41) is 2.89. The standard InChI is InChI=1S/C12H12N2O2/c1-8(15)10-11(13-14(2)12(10)16)9-6-4-3-5-7-9/h3-7,13H,1-2H3. The number of aryl methyl sites for hydroxylation is 1. The lowest BCUT2D eigenvalue weighted by atomic mass is 10.1. The van der Waals surface area contributed by atoms with E-state index in [4.69, 9.17) is 0 Å². The lowest BCUT2D eigenvalue weighted by Gasteiger charge is -1.98. The van der Waals surface area contributed by atoms with Gasteiger partial charge in [0.05, 0.1) is 5.69 Å². The van der Waals surface area contributed by atoms with Crippen molar-refractivity contribution in [3.63, 3.8) is 0 Å². The van der Waals surface area contributed by atoms with Gasteiger partial charge in [0, 0.05) is 12.6 Å². The first-order chi connectivity index (χ1) is 7.61. The van der Waals surface area contributed by atoms with Crippen LogP contribution in [0.3, 0.4) is 0 Å². The summed E-state index contributed by atoms with van der Waals surface area (Å²) in [6, 6.07) is 9.34. The van der Waals surface area contributed by atoms with E-state index in [0.717, 1.165) is 5.56 Å². The van der Waals surface area contributed by atoms with E-state index in [1.165, 1.54) is 11.6 Å². The molecular weight excluding hydrogens is 204 g/mol. The smallest absolute Gasteiger partial charge is 0.277 e. The molecule has 1 heterocycles. The molecule has 2 rings (SSSR count). The van der Waals surface area contributed by atoms with Gasteiger partial charge in [0.25, 0.3) is 5.56 Å². The number of carbonyl (C=O) groups is 1. The molecule has 0 saturated carbocycles. The Kier molecular flexibility index (Phi) is 2.48. The van der Waals surface area contributed by atoms with Crippen LogP contribution in [0.2, 0.25) is 0 Å². The topological polar surface area (TPSA) is 54.9 Å². The molecule has 4 nitrogen and oxygen atoms in total.